The SMILES string of the molecule is N[C@H]1[C@@H](O)[C@H](O)[C@@H](COP(=O)(O)O)O[C@@H]1O. The molecule has 0 amide bonds. The van der Waals surface area contributed by atoms with E-state index in [1.54, 1.807) is 0 Å². The number of nitrogens with two attached hydrogens (primary N) is 1. The lowest BCUT2D eigenvalue weighted by molar-refractivity contribution is -0.247. The first kappa shape index (κ1) is 14.0. The summed E-state index contributed by atoms with van der Waals surface area (Å²) in [5, 5.41) is 28.0. The predicted octanol–water partition coefficient (Wildman–Crippen LogP) is -3.14. The van der Waals surface area contributed by atoms with Crippen molar-refractivity contribution in [3.8, 4) is 0 Å². The van der Waals surface area contributed by atoms with Gasteiger partial charge >= 0.3 is 7.82 Å². The van der Waals surface area contributed by atoms with E-state index in [1.165, 1.54) is 0 Å². The molecule has 1 rings (SSSR count). The number of hydrogen-bond donors (Lipinski definition) is 6. The third-order valence-electron chi connectivity index (χ3n) is 2.18. The fourth-order valence-corrected chi connectivity index (χ4v) is 1.62. The summed E-state index contributed by atoms with van der Waals surface area (Å²) in [6.45, 7) is -0.674. The lowest BCUT2D eigenvalue weighted by atomic mass is 9.98. The van der Waals surface area contributed by atoms with E-state index in [-0.39, 0.29) is 0 Å². The highest BCUT2D eigenvalue weighted by molar-refractivity contribution is 7.46. The molecule has 1 heterocycles. The van der Waals surface area contributed by atoms with E-state index < -0.39 is 45.1 Å². The Kier molecular flexibility index (Phi) is 4.41. The van der Waals surface area contributed by atoms with Crippen molar-refractivity contribution in [1.29, 1.82) is 0 Å². The van der Waals surface area contributed by atoms with Gasteiger partial charge in [-0.15, -0.1) is 0 Å². The van der Waals surface area contributed by atoms with Gasteiger partial charge in [0.2, 0.25) is 0 Å². The van der Waals surface area contributed by atoms with E-state index in [0.717, 1.165) is 0 Å². The van der Waals surface area contributed by atoms with Crippen LogP contribution >= 0.6 is 7.82 Å². The molecule has 0 radical (unpaired) electrons. The minimum absolute atomic E-state index is 0.674. The number of aliphatic hydroxyl groups excluding tert-OH is 3. The van der Waals surface area contributed by atoms with E-state index in [2.05, 4.69) is 4.52 Å². The van der Waals surface area contributed by atoms with Crippen molar-refractivity contribution >= 4 is 7.82 Å². The molecule has 16 heavy (non-hydrogen) atoms. The molecule has 0 aromatic carbocycles. The van der Waals surface area contributed by atoms with Crippen molar-refractivity contribution in [2.24, 2.45) is 5.73 Å². The zero-order valence-corrected chi connectivity index (χ0v) is 8.97. The first-order valence-corrected chi connectivity index (χ1v) is 5.91. The lowest BCUT2D eigenvalue weighted by Gasteiger charge is -2.38. The third-order valence-corrected chi connectivity index (χ3v) is 2.66. The number of aliphatic hydroxyl groups is 3. The number of rotatable bonds is 3. The molecule has 0 saturated carbocycles. The highest BCUT2D eigenvalue weighted by Gasteiger charge is 2.42. The zero-order chi connectivity index (χ0) is 12.5. The molecular weight excluding hydrogens is 245 g/mol. The summed E-state index contributed by atoms with van der Waals surface area (Å²) in [6, 6.07) is -1.19. The monoisotopic (exact) mass is 259 g/mol. The van der Waals surface area contributed by atoms with Gasteiger partial charge < -0.3 is 35.6 Å². The Hall–Kier alpha value is -0.0900. The Morgan fingerprint density at radius 1 is 1.25 bits per heavy atom. The van der Waals surface area contributed by atoms with E-state index in [4.69, 9.17) is 20.3 Å². The standard InChI is InChI=1S/C6H14NO8P/c7-3-5(9)4(8)2(15-6(3)10)1-14-16(11,12)13/h2-6,8-10H,1,7H2,(H2,11,12,13)/t2-,3+,4-,5-,6+/m1/s1. The Morgan fingerprint density at radius 3 is 2.31 bits per heavy atom. The quantitative estimate of drug-likeness (QED) is 0.287. The molecule has 96 valence electrons. The number of ether oxygens (including phenoxy) is 1. The van der Waals surface area contributed by atoms with Crippen LogP contribution in [0.4, 0.5) is 0 Å². The van der Waals surface area contributed by atoms with Crippen LogP contribution in [0.5, 0.6) is 0 Å². The summed E-state index contributed by atoms with van der Waals surface area (Å²) in [5.41, 5.74) is 5.28. The first-order valence-electron chi connectivity index (χ1n) is 4.37. The van der Waals surface area contributed by atoms with Crippen LogP contribution < -0.4 is 5.73 Å². The van der Waals surface area contributed by atoms with Crippen LogP contribution in [-0.4, -0.2) is 62.4 Å². The fraction of sp³-hybridized carbons (Fsp3) is 1.00. The van der Waals surface area contributed by atoms with Gasteiger partial charge in [-0.3, -0.25) is 4.52 Å². The van der Waals surface area contributed by atoms with Crippen LogP contribution in [-0.2, 0) is 13.8 Å². The summed E-state index contributed by atoms with van der Waals surface area (Å²) in [5.74, 6) is 0. The molecule has 1 aliphatic rings. The lowest BCUT2D eigenvalue weighted by Crippen LogP contribution is -2.61. The van der Waals surface area contributed by atoms with Gasteiger partial charge in [0.1, 0.15) is 18.3 Å². The Bertz CT molecular complexity index is 282. The van der Waals surface area contributed by atoms with Gasteiger partial charge in [-0.25, -0.2) is 4.57 Å². The molecule has 0 spiro atoms. The summed E-state index contributed by atoms with van der Waals surface area (Å²) < 4.78 is 19.2. The summed E-state index contributed by atoms with van der Waals surface area (Å²) >= 11 is 0. The Morgan fingerprint density at radius 2 is 1.81 bits per heavy atom. The predicted molar refractivity (Wildman–Crippen MR) is 48.9 cm³/mol. The van der Waals surface area contributed by atoms with E-state index in [1.807, 2.05) is 0 Å². The highest BCUT2D eigenvalue weighted by Crippen LogP contribution is 2.36. The maximum atomic E-state index is 10.4. The molecule has 0 aliphatic carbocycles. The van der Waals surface area contributed by atoms with Crippen LogP contribution in [0.1, 0.15) is 0 Å². The van der Waals surface area contributed by atoms with E-state index in [0.29, 0.717) is 0 Å². The van der Waals surface area contributed by atoms with Crippen LogP contribution in [0.25, 0.3) is 0 Å². The average Bonchev–Trinajstić information content (AvgIpc) is 2.17. The largest absolute Gasteiger partial charge is 0.469 e. The molecule has 1 saturated heterocycles. The molecule has 5 atom stereocenters. The van der Waals surface area contributed by atoms with Gasteiger partial charge in [-0.2, -0.15) is 0 Å². The second-order valence-corrected chi connectivity index (χ2v) is 4.65. The summed E-state index contributed by atoms with van der Waals surface area (Å²) in [6.07, 6.45) is -5.76. The average molecular weight is 259 g/mol. The molecule has 1 aliphatic heterocycles. The van der Waals surface area contributed by atoms with Crippen LogP contribution in [0.3, 0.4) is 0 Å². The van der Waals surface area contributed by atoms with Gasteiger partial charge in [-0.1, -0.05) is 0 Å². The molecule has 10 heteroatoms. The van der Waals surface area contributed by atoms with Crippen molar-refractivity contribution in [1.82, 2.24) is 0 Å². The minimum atomic E-state index is -4.70. The van der Waals surface area contributed by atoms with Gasteiger partial charge in [0.05, 0.1) is 12.6 Å². The molecular formula is C6H14NO8P. The van der Waals surface area contributed by atoms with Crippen molar-refractivity contribution in [2.75, 3.05) is 6.61 Å². The molecule has 0 unspecified atom stereocenters. The summed E-state index contributed by atoms with van der Waals surface area (Å²) in [4.78, 5) is 16.8. The second kappa shape index (κ2) is 5.05. The van der Waals surface area contributed by atoms with Gasteiger partial charge in [0.15, 0.2) is 6.29 Å². The molecule has 0 aromatic rings. The molecule has 0 aromatic heterocycles. The van der Waals surface area contributed by atoms with Crippen LogP contribution in [0, 0.1) is 0 Å². The normalized spacial score (nSPS) is 41.0. The minimum Gasteiger partial charge on any atom is -0.388 e. The second-order valence-electron chi connectivity index (χ2n) is 3.41. The fourth-order valence-electron chi connectivity index (χ4n) is 1.28. The van der Waals surface area contributed by atoms with Crippen molar-refractivity contribution < 1.29 is 38.9 Å². The van der Waals surface area contributed by atoms with Crippen LogP contribution in [0.15, 0.2) is 0 Å². The summed E-state index contributed by atoms with van der Waals surface area (Å²) in [7, 11) is -4.70. The van der Waals surface area contributed by atoms with E-state index in [9.17, 15) is 19.9 Å². The van der Waals surface area contributed by atoms with Gasteiger partial charge in [0.25, 0.3) is 0 Å². The van der Waals surface area contributed by atoms with Gasteiger partial charge in [0, 0.05) is 0 Å². The maximum Gasteiger partial charge on any atom is 0.469 e. The first-order chi connectivity index (χ1) is 7.22. The molecule has 9 nitrogen and oxygen atoms in total. The number of phosphoric ester groups is 1. The smallest absolute Gasteiger partial charge is 0.388 e. The number of phosphoric acid groups is 1. The molecule has 7 N–H and O–H groups in total. The van der Waals surface area contributed by atoms with Crippen molar-refractivity contribution in [3.05, 3.63) is 0 Å². The Balaban J connectivity index is 2.57. The number of hydrogen-bond acceptors (Lipinski definition) is 7. The van der Waals surface area contributed by atoms with Crippen molar-refractivity contribution in [2.45, 2.75) is 30.6 Å². The zero-order valence-electron chi connectivity index (χ0n) is 8.08. The third kappa shape index (κ3) is 3.45. The Labute approximate surface area is 90.6 Å². The van der Waals surface area contributed by atoms with Crippen molar-refractivity contribution in [3.63, 3.8) is 0 Å². The van der Waals surface area contributed by atoms with Crippen LogP contribution in [0.2, 0.25) is 0 Å². The highest BCUT2D eigenvalue weighted by atomic mass is 31.2. The maximum absolute atomic E-state index is 10.4. The molecule has 0 bridgehead atoms. The molecule has 1 fully saturated rings. The van der Waals surface area contributed by atoms with E-state index >= 15 is 0 Å². The van der Waals surface area contributed by atoms with Gasteiger partial charge in [-0.05, 0) is 0 Å². The topological polar surface area (TPSA) is 163 Å².